The molecule has 0 aliphatic heterocycles. The number of nitrogens with one attached hydrogen (secondary N) is 1. The fraction of sp³-hybridized carbons (Fsp3) is 0. The highest BCUT2D eigenvalue weighted by Gasteiger charge is 2.15. The summed E-state index contributed by atoms with van der Waals surface area (Å²) in [5.41, 5.74) is 0.365. The van der Waals surface area contributed by atoms with Crippen molar-refractivity contribution >= 4 is 17.3 Å². The summed E-state index contributed by atoms with van der Waals surface area (Å²) < 4.78 is 19.1. The van der Waals surface area contributed by atoms with Gasteiger partial charge in [-0.2, -0.15) is 0 Å². The van der Waals surface area contributed by atoms with Crippen LogP contribution in [-0.2, 0) is 0 Å². The largest absolute Gasteiger partial charge is 0.451 e. The maximum absolute atomic E-state index is 13.7. The number of amides is 1. The van der Waals surface area contributed by atoms with E-state index in [9.17, 15) is 19.3 Å². The molecule has 0 bridgehead atoms. The molecule has 6 nitrogen and oxygen atoms in total. The second-order valence-corrected chi connectivity index (χ2v) is 4.91. The van der Waals surface area contributed by atoms with E-state index in [1.54, 1.807) is 12.1 Å². The molecule has 1 aromatic heterocycles. The van der Waals surface area contributed by atoms with E-state index in [2.05, 4.69) is 5.32 Å². The Morgan fingerprint density at radius 2 is 1.88 bits per heavy atom. The summed E-state index contributed by atoms with van der Waals surface area (Å²) in [4.78, 5) is 22.3. The minimum absolute atomic E-state index is 0.0280. The number of anilines is 1. The van der Waals surface area contributed by atoms with E-state index in [-0.39, 0.29) is 28.5 Å². The van der Waals surface area contributed by atoms with Crippen molar-refractivity contribution in [3.05, 3.63) is 82.4 Å². The van der Waals surface area contributed by atoms with Gasteiger partial charge in [-0.1, -0.05) is 18.2 Å². The second kappa shape index (κ2) is 6.33. The van der Waals surface area contributed by atoms with Gasteiger partial charge < -0.3 is 9.73 Å². The molecule has 0 atom stereocenters. The van der Waals surface area contributed by atoms with Gasteiger partial charge in [0.15, 0.2) is 5.76 Å². The van der Waals surface area contributed by atoms with Crippen LogP contribution >= 0.6 is 0 Å². The number of hydrogen-bond acceptors (Lipinski definition) is 4. The quantitative estimate of drug-likeness (QED) is 0.574. The van der Waals surface area contributed by atoms with Crippen molar-refractivity contribution in [2.24, 2.45) is 0 Å². The van der Waals surface area contributed by atoms with E-state index in [0.29, 0.717) is 0 Å². The summed E-state index contributed by atoms with van der Waals surface area (Å²) in [6.45, 7) is 0. The van der Waals surface area contributed by atoms with E-state index in [1.165, 1.54) is 48.5 Å². The van der Waals surface area contributed by atoms with Crippen molar-refractivity contribution in [3.63, 3.8) is 0 Å². The number of hydrogen-bond donors (Lipinski definition) is 1. The number of halogens is 1. The molecule has 3 aromatic rings. The van der Waals surface area contributed by atoms with Gasteiger partial charge >= 0.3 is 0 Å². The Labute approximate surface area is 135 Å². The van der Waals surface area contributed by atoms with Gasteiger partial charge in [0.05, 0.1) is 10.5 Å². The first kappa shape index (κ1) is 15.4. The van der Waals surface area contributed by atoms with Gasteiger partial charge in [-0.15, -0.1) is 0 Å². The average Bonchev–Trinajstić information content (AvgIpc) is 3.05. The highest BCUT2D eigenvalue weighted by Crippen LogP contribution is 2.25. The lowest BCUT2D eigenvalue weighted by atomic mass is 10.1. The number of carbonyl (C=O) groups excluding carboxylic acids is 1. The molecule has 2 aromatic carbocycles. The smallest absolute Gasteiger partial charge is 0.291 e. The van der Waals surface area contributed by atoms with E-state index in [0.717, 1.165) is 0 Å². The second-order valence-electron chi connectivity index (χ2n) is 4.91. The monoisotopic (exact) mass is 326 g/mol. The van der Waals surface area contributed by atoms with Gasteiger partial charge in [0.25, 0.3) is 11.6 Å². The molecule has 120 valence electrons. The lowest BCUT2D eigenvalue weighted by Crippen LogP contribution is -2.10. The van der Waals surface area contributed by atoms with Crippen LogP contribution in [0.15, 0.2) is 65.1 Å². The Kier molecular flexibility index (Phi) is 4.07. The first-order valence-corrected chi connectivity index (χ1v) is 6.95. The number of nitro groups is 1. The summed E-state index contributed by atoms with van der Waals surface area (Å²) in [7, 11) is 0. The Morgan fingerprint density at radius 1 is 1.08 bits per heavy atom. The first-order chi connectivity index (χ1) is 11.5. The summed E-state index contributed by atoms with van der Waals surface area (Å²) in [5.74, 6) is -0.854. The third-order valence-electron chi connectivity index (χ3n) is 3.28. The third-order valence-corrected chi connectivity index (χ3v) is 3.28. The molecule has 7 heteroatoms. The van der Waals surface area contributed by atoms with Gasteiger partial charge in [-0.3, -0.25) is 14.9 Å². The summed E-state index contributed by atoms with van der Waals surface area (Å²) in [6.07, 6.45) is 0. The maximum atomic E-state index is 13.7. The molecule has 0 fully saturated rings. The van der Waals surface area contributed by atoms with Crippen molar-refractivity contribution < 1.29 is 18.5 Å². The number of rotatable bonds is 4. The number of carbonyl (C=O) groups is 1. The van der Waals surface area contributed by atoms with E-state index >= 15 is 0 Å². The zero-order valence-electron chi connectivity index (χ0n) is 12.2. The number of nitrogens with zero attached hydrogens (tertiary/aromatic N) is 1. The molecule has 0 unspecified atom stereocenters. The van der Waals surface area contributed by atoms with Gasteiger partial charge in [0, 0.05) is 17.8 Å². The van der Waals surface area contributed by atoms with Crippen LogP contribution in [0.4, 0.5) is 15.8 Å². The Hall–Kier alpha value is -3.48. The van der Waals surface area contributed by atoms with E-state index in [1.807, 2.05) is 0 Å². The number of furan rings is 1. The number of non-ortho nitro benzene ring substituents is 1. The fourth-order valence-electron chi connectivity index (χ4n) is 2.16. The predicted molar refractivity (Wildman–Crippen MR) is 85.2 cm³/mol. The molecule has 1 amide bonds. The maximum Gasteiger partial charge on any atom is 0.291 e. The fourth-order valence-corrected chi connectivity index (χ4v) is 2.16. The normalized spacial score (nSPS) is 10.4. The molecule has 1 heterocycles. The Balaban J connectivity index is 1.81. The van der Waals surface area contributed by atoms with Crippen LogP contribution in [0.3, 0.4) is 0 Å². The Bertz CT molecular complexity index is 920. The van der Waals surface area contributed by atoms with Crippen molar-refractivity contribution in [1.29, 1.82) is 0 Å². The third kappa shape index (κ3) is 3.14. The van der Waals surface area contributed by atoms with Gasteiger partial charge in [-0.05, 0) is 30.3 Å². The van der Waals surface area contributed by atoms with Gasteiger partial charge in [-0.25, -0.2) is 4.39 Å². The summed E-state index contributed by atoms with van der Waals surface area (Å²) in [5, 5.41) is 13.2. The lowest BCUT2D eigenvalue weighted by molar-refractivity contribution is -0.384. The molecule has 24 heavy (non-hydrogen) atoms. The molecule has 1 N–H and O–H groups in total. The molecular weight excluding hydrogens is 315 g/mol. The van der Waals surface area contributed by atoms with Crippen LogP contribution < -0.4 is 5.32 Å². The highest BCUT2D eigenvalue weighted by atomic mass is 19.1. The highest BCUT2D eigenvalue weighted by molar-refractivity contribution is 6.02. The minimum Gasteiger partial charge on any atom is -0.451 e. The van der Waals surface area contributed by atoms with Crippen LogP contribution in [-0.4, -0.2) is 10.8 Å². The molecule has 0 spiro atoms. The zero-order chi connectivity index (χ0) is 17.1. The predicted octanol–water partition coefficient (Wildman–Crippen LogP) is 4.25. The summed E-state index contributed by atoms with van der Waals surface area (Å²) >= 11 is 0. The molecule has 0 saturated carbocycles. The SMILES string of the molecule is O=C(Nc1cccc([N+](=O)[O-])c1)c1ccc(-c2ccccc2F)o1. The van der Waals surface area contributed by atoms with Crippen molar-refractivity contribution in [3.8, 4) is 11.3 Å². The van der Waals surface area contributed by atoms with Crippen LogP contribution in [0.5, 0.6) is 0 Å². The van der Waals surface area contributed by atoms with Gasteiger partial charge in [0.2, 0.25) is 0 Å². The standard InChI is InChI=1S/C17H11FN2O4/c18-14-7-2-1-6-13(14)15-8-9-16(24-15)17(21)19-11-4-3-5-12(10-11)20(22)23/h1-10H,(H,19,21). The topological polar surface area (TPSA) is 85.4 Å². The molecular formula is C17H11FN2O4. The van der Waals surface area contributed by atoms with Crippen LogP contribution in [0.25, 0.3) is 11.3 Å². The minimum atomic E-state index is -0.585. The van der Waals surface area contributed by atoms with Gasteiger partial charge in [0.1, 0.15) is 11.6 Å². The number of benzene rings is 2. The van der Waals surface area contributed by atoms with Crippen LogP contribution in [0.1, 0.15) is 10.6 Å². The zero-order valence-corrected chi connectivity index (χ0v) is 12.2. The molecule has 0 radical (unpaired) electrons. The Morgan fingerprint density at radius 3 is 2.62 bits per heavy atom. The van der Waals surface area contributed by atoms with Crippen LogP contribution in [0.2, 0.25) is 0 Å². The van der Waals surface area contributed by atoms with Crippen molar-refractivity contribution in [2.45, 2.75) is 0 Å². The van der Waals surface area contributed by atoms with Crippen molar-refractivity contribution in [2.75, 3.05) is 5.32 Å². The van der Waals surface area contributed by atoms with Crippen molar-refractivity contribution in [1.82, 2.24) is 0 Å². The summed E-state index contributed by atoms with van der Waals surface area (Å²) in [6, 6.07) is 14.5. The molecule has 3 rings (SSSR count). The lowest BCUT2D eigenvalue weighted by Gasteiger charge is -2.03. The van der Waals surface area contributed by atoms with E-state index < -0.39 is 16.6 Å². The van der Waals surface area contributed by atoms with E-state index in [4.69, 9.17) is 4.42 Å². The number of nitro benzene ring substituents is 1. The molecule has 0 aliphatic carbocycles. The van der Waals surface area contributed by atoms with Crippen LogP contribution in [0, 0.1) is 15.9 Å². The average molecular weight is 326 g/mol. The molecule has 0 aliphatic rings. The first-order valence-electron chi connectivity index (χ1n) is 6.95. The molecule has 0 saturated heterocycles.